The Morgan fingerprint density at radius 2 is 0.700 bits per heavy atom. The molecule has 0 N–H and O–H groups in total. The van der Waals surface area contributed by atoms with Gasteiger partial charge in [-0.05, 0) is 0 Å². The first-order valence-electron chi connectivity index (χ1n) is 1.41. The summed E-state index contributed by atoms with van der Waals surface area (Å²) >= 11 is -5.25. The van der Waals surface area contributed by atoms with Gasteiger partial charge in [-0.2, -0.15) is 0 Å². The third-order valence-electron chi connectivity index (χ3n) is 0. The molecular formula is Al3CeO6. The Balaban J connectivity index is -0.0000000257. The van der Waals surface area contributed by atoms with Crippen molar-refractivity contribution in [3.05, 3.63) is 0 Å². The first-order valence-corrected chi connectivity index (χ1v) is 4.24. The monoisotopic (exact) mass is 317 g/mol. The van der Waals surface area contributed by atoms with Crippen molar-refractivity contribution in [1.82, 2.24) is 0 Å². The molecule has 1 radical (unpaired) electrons. The van der Waals surface area contributed by atoms with Crippen LogP contribution in [-0.2, 0) is 11.4 Å². The molecule has 0 bridgehead atoms. The van der Waals surface area contributed by atoms with E-state index >= 15 is 0 Å². The Kier molecular flexibility index (Phi) is 102. The van der Waals surface area contributed by atoms with E-state index in [1.54, 1.807) is 0 Å². The average Bonchev–Trinajstić information content (AvgIpc) is 1.70. The molecule has 0 aliphatic rings. The van der Waals surface area contributed by atoms with E-state index in [0.29, 0.717) is 0 Å². The normalized spacial score (nSPS) is 2.40. The van der Waals surface area contributed by atoms with E-state index in [2.05, 4.69) is 0 Å². The van der Waals surface area contributed by atoms with Gasteiger partial charge in [-0.15, -0.1) is 0 Å². The zero-order valence-corrected chi connectivity index (χ0v) is 11.3. The van der Waals surface area contributed by atoms with Gasteiger partial charge >= 0.3 is 112 Å². The van der Waals surface area contributed by atoms with Crippen molar-refractivity contribution in [2.45, 2.75) is 0 Å². The number of rotatable bonds is 0. The van der Waals surface area contributed by atoms with Crippen LogP contribution < -0.4 is 12.5 Å². The fraction of sp³-hybridized carbons (Fsp3) is 0. The number of hydrogen-bond donors (Lipinski definition) is 0. The average molecular weight is 317 g/mol. The van der Waals surface area contributed by atoms with Crippen molar-refractivity contribution in [1.29, 1.82) is 0 Å². The van der Waals surface area contributed by atoms with Gasteiger partial charge in [0.2, 0.25) is 0 Å². The molecule has 6 nitrogen and oxygen atoms in total. The van der Waals surface area contributed by atoms with Gasteiger partial charge in [-0.1, -0.05) is 0 Å². The molecule has 0 saturated carbocycles. The topological polar surface area (TPSA) is 120 Å². The molecule has 10 heavy (non-hydrogen) atoms. The van der Waals surface area contributed by atoms with E-state index in [1.165, 1.54) is 0 Å². The Labute approximate surface area is 110 Å². The summed E-state index contributed by atoms with van der Waals surface area (Å²) in [6, 6.07) is 0. The standard InChI is InChI=1S/3Al.Ce.6O/q;;;+3;;;;3*-1. The fourth-order valence-electron chi connectivity index (χ4n) is 0. The summed E-state index contributed by atoms with van der Waals surface area (Å²) in [5.74, 6) is 0. The van der Waals surface area contributed by atoms with Crippen molar-refractivity contribution in [3.8, 4) is 0 Å². The van der Waals surface area contributed by atoms with E-state index in [9.17, 15) is 0 Å². The minimum atomic E-state index is -1.75. The molecule has 0 aliphatic heterocycles. The van der Waals surface area contributed by atoms with Crippen LogP contribution in [0.4, 0.5) is 0 Å². The van der Waals surface area contributed by atoms with E-state index in [0.717, 1.165) is 0 Å². The molecule has 0 aromatic carbocycles. The molecule has 0 saturated heterocycles. The SMILES string of the molecule is [Ce+3].[O]=[Al][O-].[O]=[Al][O-].[O]=[Al][O-]. The van der Waals surface area contributed by atoms with E-state index in [4.69, 9.17) is 23.9 Å². The van der Waals surface area contributed by atoms with Crippen molar-refractivity contribution >= 4 is 46.5 Å². The molecule has 0 atom stereocenters. The molecule has 0 spiro atoms. The molecule has 0 rings (SSSR count). The van der Waals surface area contributed by atoms with E-state index in [-0.39, 0.29) is 41.7 Å². The van der Waals surface area contributed by atoms with Gasteiger partial charge in [0.15, 0.2) is 0 Å². The third-order valence-corrected chi connectivity index (χ3v) is 0. The van der Waals surface area contributed by atoms with Crippen LogP contribution in [0, 0.1) is 41.7 Å². The van der Waals surface area contributed by atoms with Gasteiger partial charge < -0.3 is 0 Å². The second-order valence-corrected chi connectivity index (χ2v) is 0.866. The molecule has 0 aliphatic carbocycles. The third kappa shape index (κ3) is 239. The van der Waals surface area contributed by atoms with E-state index < -0.39 is 46.5 Å². The van der Waals surface area contributed by atoms with Crippen molar-refractivity contribution < 1.29 is 65.6 Å². The first kappa shape index (κ1) is 22.6. The van der Waals surface area contributed by atoms with Crippen LogP contribution in [0.25, 0.3) is 0 Å². The Bertz CT molecular complexity index is 49.7. The quantitative estimate of drug-likeness (QED) is 0.412. The van der Waals surface area contributed by atoms with Crippen molar-refractivity contribution in [2.24, 2.45) is 0 Å². The van der Waals surface area contributed by atoms with Crippen LogP contribution in [0.5, 0.6) is 0 Å². The summed E-state index contributed by atoms with van der Waals surface area (Å²) in [6.45, 7) is 0. The van der Waals surface area contributed by atoms with Gasteiger partial charge in [0.1, 0.15) is 0 Å². The first-order chi connectivity index (χ1) is 4.24. The van der Waals surface area contributed by atoms with Crippen LogP contribution in [0.1, 0.15) is 0 Å². The van der Waals surface area contributed by atoms with Crippen molar-refractivity contribution in [2.75, 3.05) is 0 Å². The van der Waals surface area contributed by atoms with Gasteiger partial charge in [0.05, 0.1) is 0 Å². The molecule has 49 valence electrons. The molecule has 10 heteroatoms. The molecular weight excluding hydrogens is 317 g/mol. The zero-order chi connectivity index (χ0) is 8.12. The number of hydrogen-bond acceptors (Lipinski definition) is 6. The summed E-state index contributed by atoms with van der Waals surface area (Å²) in [5, 5.41) is 0. The molecule has 0 amide bonds. The van der Waals surface area contributed by atoms with Crippen LogP contribution >= 0.6 is 0 Å². The predicted octanol–water partition coefficient (Wildman–Crippen LogP) is -5.07. The summed E-state index contributed by atoms with van der Waals surface area (Å²) in [5.41, 5.74) is 0. The predicted molar refractivity (Wildman–Crippen MR) is 19.3 cm³/mol. The van der Waals surface area contributed by atoms with Crippen molar-refractivity contribution in [3.63, 3.8) is 0 Å². The maximum absolute atomic E-state index is 8.46. The van der Waals surface area contributed by atoms with Crippen LogP contribution in [-0.4, -0.2) is 46.5 Å². The molecule has 0 aromatic rings. The Hall–Kier alpha value is 1.77. The van der Waals surface area contributed by atoms with Crippen LogP contribution in [0.3, 0.4) is 0 Å². The molecule has 0 aromatic heterocycles. The van der Waals surface area contributed by atoms with Gasteiger partial charge in [0.25, 0.3) is 0 Å². The van der Waals surface area contributed by atoms with Gasteiger partial charge in [-0.25, -0.2) is 0 Å². The molecule has 0 unspecified atom stereocenters. The summed E-state index contributed by atoms with van der Waals surface area (Å²) in [4.78, 5) is 0. The second-order valence-electron chi connectivity index (χ2n) is 0.289. The summed E-state index contributed by atoms with van der Waals surface area (Å²) in [6.07, 6.45) is 0. The summed E-state index contributed by atoms with van der Waals surface area (Å²) < 4.78 is 50.8. The zero-order valence-electron chi connectivity index (χ0n) is 4.68. The Morgan fingerprint density at radius 1 is 0.700 bits per heavy atom. The second kappa shape index (κ2) is 45.2. The summed E-state index contributed by atoms with van der Waals surface area (Å²) in [7, 11) is 0. The van der Waals surface area contributed by atoms with E-state index in [1.807, 2.05) is 0 Å². The van der Waals surface area contributed by atoms with Crippen LogP contribution in [0.2, 0.25) is 0 Å². The van der Waals surface area contributed by atoms with Gasteiger partial charge in [-0.3, -0.25) is 0 Å². The fourth-order valence-corrected chi connectivity index (χ4v) is 0. The molecule has 0 heterocycles. The minimum absolute atomic E-state index is 0. The van der Waals surface area contributed by atoms with Crippen LogP contribution in [0.15, 0.2) is 0 Å². The maximum atomic E-state index is 8.46. The van der Waals surface area contributed by atoms with Gasteiger partial charge in [0, 0.05) is 0 Å². The molecule has 0 fully saturated rings. The Morgan fingerprint density at radius 3 is 0.700 bits per heavy atom.